The minimum Gasteiger partial charge on any atom is -0.472 e. The minimum absolute atomic E-state index is 0.540. The first-order valence-electron chi connectivity index (χ1n) is 8.42. The summed E-state index contributed by atoms with van der Waals surface area (Å²) in [6, 6.07) is 8.39. The van der Waals surface area contributed by atoms with Crippen molar-refractivity contribution in [1.29, 1.82) is 0 Å². The van der Waals surface area contributed by atoms with E-state index in [0.29, 0.717) is 12.5 Å². The molecular formula is C19H25N3O. The molecule has 0 aliphatic carbocycles. The zero-order valence-corrected chi connectivity index (χ0v) is 14.3. The highest BCUT2D eigenvalue weighted by Crippen LogP contribution is 2.24. The molecule has 4 heteroatoms. The van der Waals surface area contributed by atoms with Crippen molar-refractivity contribution in [3.63, 3.8) is 0 Å². The molecule has 0 unspecified atom stereocenters. The van der Waals surface area contributed by atoms with Crippen LogP contribution in [0.1, 0.15) is 41.6 Å². The van der Waals surface area contributed by atoms with Gasteiger partial charge in [-0.1, -0.05) is 29.8 Å². The second-order valence-corrected chi connectivity index (χ2v) is 6.36. The number of hydrogen-bond donors (Lipinski definition) is 0. The quantitative estimate of drug-likeness (QED) is 0.856. The van der Waals surface area contributed by atoms with E-state index in [-0.39, 0.29) is 0 Å². The fraction of sp³-hybridized carbons (Fsp3) is 0.474. The Morgan fingerprint density at radius 1 is 1.04 bits per heavy atom. The van der Waals surface area contributed by atoms with Crippen molar-refractivity contribution >= 4 is 5.95 Å². The van der Waals surface area contributed by atoms with E-state index in [1.807, 2.05) is 13.8 Å². The van der Waals surface area contributed by atoms with Crippen molar-refractivity contribution in [3.8, 4) is 5.88 Å². The zero-order chi connectivity index (χ0) is 16.2. The predicted molar refractivity (Wildman–Crippen MR) is 93.1 cm³/mol. The van der Waals surface area contributed by atoms with E-state index in [1.54, 1.807) is 0 Å². The van der Waals surface area contributed by atoms with Crippen molar-refractivity contribution in [1.82, 2.24) is 9.97 Å². The van der Waals surface area contributed by atoms with Crippen LogP contribution >= 0.6 is 0 Å². The molecule has 1 aliphatic heterocycles. The first kappa shape index (κ1) is 15.8. The van der Waals surface area contributed by atoms with Crippen LogP contribution in [0.3, 0.4) is 0 Å². The van der Waals surface area contributed by atoms with Gasteiger partial charge in [0, 0.05) is 24.3 Å². The molecule has 1 saturated heterocycles. The number of aryl methyl sites for hydroxylation is 2. The number of anilines is 1. The fourth-order valence-corrected chi connectivity index (χ4v) is 2.92. The van der Waals surface area contributed by atoms with Crippen LogP contribution in [0.15, 0.2) is 24.3 Å². The van der Waals surface area contributed by atoms with Crippen molar-refractivity contribution in [2.24, 2.45) is 0 Å². The van der Waals surface area contributed by atoms with Gasteiger partial charge >= 0.3 is 0 Å². The molecule has 3 rings (SSSR count). The van der Waals surface area contributed by atoms with Crippen molar-refractivity contribution in [3.05, 3.63) is 46.6 Å². The van der Waals surface area contributed by atoms with Crippen LogP contribution in [0.25, 0.3) is 0 Å². The Balaban J connectivity index is 1.78. The Bertz CT molecular complexity index is 678. The molecule has 1 fully saturated rings. The van der Waals surface area contributed by atoms with Crippen LogP contribution in [0.2, 0.25) is 0 Å². The van der Waals surface area contributed by atoms with Crippen LogP contribution in [-0.2, 0) is 6.61 Å². The maximum Gasteiger partial charge on any atom is 0.228 e. The standard InChI is InChI=1S/C19H25N3O/c1-14-8-7-9-17(12-14)13-23-18-15(2)16(3)20-19(21-18)22-10-5-4-6-11-22/h7-9,12H,4-6,10-11,13H2,1-3H3. The van der Waals surface area contributed by atoms with Crippen LogP contribution in [0.4, 0.5) is 5.95 Å². The SMILES string of the molecule is Cc1cccc(COc2nc(N3CCCCC3)nc(C)c2C)c1. The first-order valence-corrected chi connectivity index (χ1v) is 8.42. The normalized spacial score (nSPS) is 14.8. The van der Waals surface area contributed by atoms with E-state index in [9.17, 15) is 0 Å². The lowest BCUT2D eigenvalue weighted by atomic mass is 10.1. The number of nitrogens with zero attached hydrogens (tertiary/aromatic N) is 3. The van der Waals surface area contributed by atoms with E-state index in [1.165, 1.54) is 30.4 Å². The summed E-state index contributed by atoms with van der Waals surface area (Å²) in [5.74, 6) is 1.52. The topological polar surface area (TPSA) is 38.2 Å². The molecule has 1 aliphatic rings. The molecule has 4 nitrogen and oxygen atoms in total. The van der Waals surface area contributed by atoms with Gasteiger partial charge in [-0.05, 0) is 45.6 Å². The third-order valence-electron chi connectivity index (χ3n) is 4.43. The smallest absolute Gasteiger partial charge is 0.228 e. The molecule has 0 radical (unpaired) electrons. The highest BCUT2D eigenvalue weighted by molar-refractivity contribution is 5.39. The van der Waals surface area contributed by atoms with Crippen molar-refractivity contribution < 1.29 is 4.74 Å². The average molecular weight is 311 g/mol. The Labute approximate surface area is 138 Å². The van der Waals surface area contributed by atoms with Gasteiger partial charge in [-0.25, -0.2) is 4.98 Å². The summed E-state index contributed by atoms with van der Waals surface area (Å²) in [6.07, 6.45) is 3.74. The van der Waals surface area contributed by atoms with Crippen LogP contribution in [0, 0.1) is 20.8 Å². The molecule has 0 bridgehead atoms. The molecule has 0 amide bonds. The van der Waals surface area contributed by atoms with Crippen molar-refractivity contribution in [2.75, 3.05) is 18.0 Å². The van der Waals surface area contributed by atoms with Crippen molar-refractivity contribution in [2.45, 2.75) is 46.6 Å². The lowest BCUT2D eigenvalue weighted by Gasteiger charge is -2.27. The number of rotatable bonds is 4. The van der Waals surface area contributed by atoms with Gasteiger partial charge in [-0.2, -0.15) is 4.98 Å². The summed E-state index contributed by atoms with van der Waals surface area (Å²) in [5.41, 5.74) is 4.44. The summed E-state index contributed by atoms with van der Waals surface area (Å²) in [4.78, 5) is 11.6. The van der Waals surface area contributed by atoms with Gasteiger partial charge in [0.05, 0.1) is 0 Å². The maximum atomic E-state index is 6.01. The molecule has 2 heterocycles. The second kappa shape index (κ2) is 6.99. The molecule has 23 heavy (non-hydrogen) atoms. The number of aromatic nitrogens is 2. The number of piperidine rings is 1. The van der Waals surface area contributed by atoms with Gasteiger partial charge in [0.15, 0.2) is 0 Å². The maximum absolute atomic E-state index is 6.01. The largest absolute Gasteiger partial charge is 0.472 e. The average Bonchev–Trinajstić information content (AvgIpc) is 2.57. The minimum atomic E-state index is 0.540. The molecule has 2 aromatic rings. The highest BCUT2D eigenvalue weighted by Gasteiger charge is 2.17. The summed E-state index contributed by atoms with van der Waals surface area (Å²) >= 11 is 0. The Kier molecular flexibility index (Phi) is 4.79. The monoisotopic (exact) mass is 311 g/mol. The molecule has 122 valence electrons. The summed E-state index contributed by atoms with van der Waals surface area (Å²) in [7, 11) is 0. The van der Waals surface area contributed by atoms with Gasteiger partial charge in [-0.3, -0.25) is 0 Å². The van der Waals surface area contributed by atoms with Gasteiger partial charge in [0.2, 0.25) is 11.8 Å². The third kappa shape index (κ3) is 3.81. The van der Waals surface area contributed by atoms with E-state index < -0.39 is 0 Å². The molecule has 0 spiro atoms. The Morgan fingerprint density at radius 2 is 1.83 bits per heavy atom. The van der Waals surface area contributed by atoms with Crippen LogP contribution in [0.5, 0.6) is 5.88 Å². The van der Waals surface area contributed by atoms with E-state index in [4.69, 9.17) is 4.74 Å². The van der Waals surface area contributed by atoms with Gasteiger partial charge in [0.25, 0.3) is 0 Å². The van der Waals surface area contributed by atoms with Gasteiger partial charge in [-0.15, -0.1) is 0 Å². The van der Waals surface area contributed by atoms with Gasteiger partial charge in [0.1, 0.15) is 6.61 Å². The van der Waals surface area contributed by atoms with Crippen LogP contribution in [-0.4, -0.2) is 23.1 Å². The molecule has 0 saturated carbocycles. The molecule has 0 atom stereocenters. The molecule has 1 aromatic heterocycles. The fourth-order valence-electron chi connectivity index (χ4n) is 2.92. The lowest BCUT2D eigenvalue weighted by Crippen LogP contribution is -2.31. The molecule has 1 aromatic carbocycles. The van der Waals surface area contributed by atoms with Gasteiger partial charge < -0.3 is 9.64 Å². The predicted octanol–water partition coefficient (Wildman–Crippen LogP) is 3.97. The number of ether oxygens (including phenoxy) is 1. The van der Waals surface area contributed by atoms with E-state index in [2.05, 4.69) is 46.1 Å². The van der Waals surface area contributed by atoms with E-state index >= 15 is 0 Å². The Hall–Kier alpha value is -2.10. The molecular weight excluding hydrogens is 286 g/mol. The summed E-state index contributed by atoms with van der Waals surface area (Å²) < 4.78 is 6.01. The van der Waals surface area contributed by atoms with Crippen LogP contribution < -0.4 is 9.64 Å². The molecule has 0 N–H and O–H groups in total. The zero-order valence-electron chi connectivity index (χ0n) is 14.3. The number of hydrogen-bond acceptors (Lipinski definition) is 4. The van der Waals surface area contributed by atoms with E-state index in [0.717, 1.165) is 30.3 Å². The highest BCUT2D eigenvalue weighted by atomic mass is 16.5. The summed E-state index contributed by atoms with van der Waals surface area (Å²) in [5, 5.41) is 0. The lowest BCUT2D eigenvalue weighted by molar-refractivity contribution is 0.290. The Morgan fingerprint density at radius 3 is 2.57 bits per heavy atom. The summed E-state index contributed by atoms with van der Waals surface area (Å²) in [6.45, 7) is 8.78. The third-order valence-corrected chi connectivity index (χ3v) is 4.43. The first-order chi connectivity index (χ1) is 11.1. The number of benzene rings is 1. The second-order valence-electron chi connectivity index (χ2n) is 6.36.